The fourth-order valence-electron chi connectivity index (χ4n) is 2.21. The lowest BCUT2D eigenvalue weighted by Gasteiger charge is -2.06. The minimum atomic E-state index is 0.288. The maximum atomic E-state index is 9.59. The van der Waals surface area contributed by atoms with Crippen LogP contribution in [0.15, 0.2) is 77.3 Å². The summed E-state index contributed by atoms with van der Waals surface area (Å²) in [6.07, 6.45) is 0. The zero-order chi connectivity index (χ0) is 13.9. The minimum Gasteiger partial charge on any atom is -0.508 e. The number of rotatable bonds is 2. The van der Waals surface area contributed by atoms with Crippen molar-refractivity contribution in [2.45, 2.75) is 0 Å². The van der Waals surface area contributed by atoms with Gasteiger partial charge in [-0.1, -0.05) is 58.4 Å². The maximum Gasteiger partial charge on any atom is 0.116 e. The second-order valence-electron chi connectivity index (χ2n) is 4.64. The topological polar surface area (TPSA) is 20.2 Å². The van der Waals surface area contributed by atoms with Gasteiger partial charge in [0.15, 0.2) is 0 Å². The first-order valence-electron chi connectivity index (χ1n) is 6.38. The van der Waals surface area contributed by atoms with E-state index in [0.717, 1.165) is 15.6 Å². The molecule has 0 saturated carbocycles. The number of aromatic hydroxyl groups is 1. The van der Waals surface area contributed by atoms with Crippen LogP contribution in [0.5, 0.6) is 5.75 Å². The van der Waals surface area contributed by atoms with Gasteiger partial charge in [-0.15, -0.1) is 0 Å². The van der Waals surface area contributed by atoms with Crippen molar-refractivity contribution in [1.82, 2.24) is 0 Å². The summed E-state index contributed by atoms with van der Waals surface area (Å²) in [6, 6.07) is 23.9. The van der Waals surface area contributed by atoms with Crippen LogP contribution in [0.3, 0.4) is 0 Å². The number of phenolic OH excluding ortho intramolecular Hbond substituents is 1. The molecule has 3 rings (SSSR count). The lowest BCUT2D eigenvalue weighted by molar-refractivity contribution is 0.475. The van der Waals surface area contributed by atoms with Crippen LogP contribution in [-0.4, -0.2) is 5.11 Å². The maximum absolute atomic E-state index is 9.59. The van der Waals surface area contributed by atoms with Crippen molar-refractivity contribution < 1.29 is 5.11 Å². The van der Waals surface area contributed by atoms with Gasteiger partial charge in [0.25, 0.3) is 0 Å². The fourth-order valence-corrected chi connectivity index (χ4v) is 2.47. The molecule has 0 unspecified atom stereocenters. The van der Waals surface area contributed by atoms with Crippen molar-refractivity contribution in [2.75, 3.05) is 0 Å². The largest absolute Gasteiger partial charge is 0.508 e. The predicted octanol–water partition coefficient (Wildman–Crippen LogP) is 5.49. The molecular formula is C18H13BrO. The van der Waals surface area contributed by atoms with Gasteiger partial charge in [-0.05, 0) is 52.6 Å². The van der Waals surface area contributed by atoms with Gasteiger partial charge in [-0.25, -0.2) is 0 Å². The quantitative estimate of drug-likeness (QED) is 0.661. The van der Waals surface area contributed by atoms with Gasteiger partial charge in [-0.3, -0.25) is 0 Å². The van der Waals surface area contributed by atoms with Gasteiger partial charge in [0.2, 0.25) is 0 Å². The number of benzene rings is 3. The first kappa shape index (κ1) is 12.9. The van der Waals surface area contributed by atoms with E-state index >= 15 is 0 Å². The van der Waals surface area contributed by atoms with Crippen molar-refractivity contribution in [2.24, 2.45) is 0 Å². The van der Waals surface area contributed by atoms with Crippen molar-refractivity contribution in [3.63, 3.8) is 0 Å². The van der Waals surface area contributed by atoms with Crippen LogP contribution in [0.2, 0.25) is 0 Å². The molecule has 0 aliphatic carbocycles. The summed E-state index contributed by atoms with van der Waals surface area (Å²) in [4.78, 5) is 0. The first-order chi connectivity index (χ1) is 9.72. The molecule has 1 N–H and O–H groups in total. The van der Waals surface area contributed by atoms with Gasteiger partial charge < -0.3 is 5.11 Å². The van der Waals surface area contributed by atoms with E-state index in [1.54, 1.807) is 12.1 Å². The molecule has 3 aromatic rings. The first-order valence-corrected chi connectivity index (χ1v) is 7.17. The molecule has 3 aromatic carbocycles. The Morgan fingerprint density at radius 2 is 1.15 bits per heavy atom. The van der Waals surface area contributed by atoms with E-state index in [4.69, 9.17) is 0 Å². The summed E-state index contributed by atoms with van der Waals surface area (Å²) < 4.78 is 1.07. The summed E-state index contributed by atoms with van der Waals surface area (Å²) in [5, 5.41) is 9.59. The fraction of sp³-hybridized carbons (Fsp3) is 0. The second-order valence-corrected chi connectivity index (χ2v) is 5.55. The molecule has 2 heteroatoms. The van der Waals surface area contributed by atoms with Crippen molar-refractivity contribution >= 4 is 15.9 Å². The number of phenols is 1. The summed E-state index contributed by atoms with van der Waals surface area (Å²) >= 11 is 3.45. The zero-order valence-electron chi connectivity index (χ0n) is 10.8. The SMILES string of the molecule is Oc1cccc(-c2cccc(-c3ccc(Br)cc3)c2)c1. The average Bonchev–Trinajstić information content (AvgIpc) is 2.48. The Kier molecular flexibility index (Phi) is 3.57. The standard InChI is InChI=1S/C18H13BrO/c19-17-9-7-13(8-10-17)14-3-1-4-15(11-14)16-5-2-6-18(20)12-16/h1-12,20H. The van der Waals surface area contributed by atoms with Gasteiger partial charge >= 0.3 is 0 Å². The van der Waals surface area contributed by atoms with E-state index in [2.05, 4.69) is 46.3 Å². The highest BCUT2D eigenvalue weighted by Crippen LogP contribution is 2.28. The van der Waals surface area contributed by atoms with Crippen LogP contribution in [0.4, 0.5) is 0 Å². The van der Waals surface area contributed by atoms with Gasteiger partial charge in [0.1, 0.15) is 5.75 Å². The van der Waals surface area contributed by atoms with E-state index in [0.29, 0.717) is 0 Å². The molecule has 20 heavy (non-hydrogen) atoms. The zero-order valence-corrected chi connectivity index (χ0v) is 12.3. The van der Waals surface area contributed by atoms with Crippen LogP contribution in [0.25, 0.3) is 22.3 Å². The lowest BCUT2D eigenvalue weighted by Crippen LogP contribution is -1.81. The Bertz CT molecular complexity index is 732. The normalized spacial score (nSPS) is 10.4. The van der Waals surface area contributed by atoms with Crippen molar-refractivity contribution in [3.8, 4) is 28.0 Å². The highest BCUT2D eigenvalue weighted by atomic mass is 79.9. The Morgan fingerprint density at radius 3 is 1.80 bits per heavy atom. The molecule has 0 fully saturated rings. The predicted molar refractivity (Wildman–Crippen MR) is 86.7 cm³/mol. The molecule has 0 saturated heterocycles. The molecule has 0 aliphatic rings. The van der Waals surface area contributed by atoms with Crippen LogP contribution in [0.1, 0.15) is 0 Å². The van der Waals surface area contributed by atoms with Gasteiger partial charge in [0, 0.05) is 4.47 Å². The van der Waals surface area contributed by atoms with E-state index in [-0.39, 0.29) is 5.75 Å². The van der Waals surface area contributed by atoms with E-state index in [1.165, 1.54) is 11.1 Å². The number of hydrogen-bond donors (Lipinski definition) is 1. The summed E-state index contributed by atoms with van der Waals surface area (Å²) in [6.45, 7) is 0. The smallest absolute Gasteiger partial charge is 0.116 e. The van der Waals surface area contributed by atoms with E-state index < -0.39 is 0 Å². The molecular weight excluding hydrogens is 312 g/mol. The summed E-state index contributed by atoms with van der Waals surface area (Å²) in [5.41, 5.74) is 4.46. The van der Waals surface area contributed by atoms with Crippen LogP contribution < -0.4 is 0 Å². The lowest BCUT2D eigenvalue weighted by atomic mass is 9.99. The molecule has 0 heterocycles. The molecule has 0 amide bonds. The molecule has 0 atom stereocenters. The Balaban J connectivity index is 2.03. The Morgan fingerprint density at radius 1 is 0.600 bits per heavy atom. The van der Waals surface area contributed by atoms with Crippen molar-refractivity contribution in [3.05, 3.63) is 77.3 Å². The molecule has 0 aromatic heterocycles. The minimum absolute atomic E-state index is 0.288. The van der Waals surface area contributed by atoms with Crippen LogP contribution >= 0.6 is 15.9 Å². The summed E-state index contributed by atoms with van der Waals surface area (Å²) in [7, 11) is 0. The van der Waals surface area contributed by atoms with E-state index in [1.807, 2.05) is 30.3 Å². The van der Waals surface area contributed by atoms with Crippen LogP contribution in [0, 0.1) is 0 Å². The second kappa shape index (κ2) is 5.51. The number of halogens is 1. The molecule has 0 spiro atoms. The highest BCUT2D eigenvalue weighted by molar-refractivity contribution is 9.10. The van der Waals surface area contributed by atoms with E-state index in [9.17, 15) is 5.11 Å². The molecule has 1 nitrogen and oxygen atoms in total. The molecule has 0 radical (unpaired) electrons. The third-order valence-electron chi connectivity index (χ3n) is 3.22. The number of hydrogen-bond acceptors (Lipinski definition) is 1. The Hall–Kier alpha value is -2.06. The van der Waals surface area contributed by atoms with Gasteiger partial charge in [-0.2, -0.15) is 0 Å². The molecule has 0 bridgehead atoms. The van der Waals surface area contributed by atoms with Crippen LogP contribution in [-0.2, 0) is 0 Å². The highest BCUT2D eigenvalue weighted by Gasteiger charge is 2.02. The van der Waals surface area contributed by atoms with Crippen molar-refractivity contribution in [1.29, 1.82) is 0 Å². The Labute approximate surface area is 126 Å². The molecule has 0 aliphatic heterocycles. The third-order valence-corrected chi connectivity index (χ3v) is 3.75. The monoisotopic (exact) mass is 324 g/mol. The average molecular weight is 325 g/mol. The molecule has 98 valence electrons. The van der Waals surface area contributed by atoms with Gasteiger partial charge in [0.05, 0.1) is 0 Å². The summed E-state index contributed by atoms with van der Waals surface area (Å²) in [5.74, 6) is 0.288. The third kappa shape index (κ3) is 2.75.